The highest BCUT2D eigenvalue weighted by molar-refractivity contribution is 6.34. The van der Waals surface area contributed by atoms with Crippen molar-refractivity contribution in [2.45, 2.75) is 19.8 Å². The molecule has 1 aliphatic heterocycles. The molecule has 37 heavy (non-hydrogen) atoms. The molecule has 1 aliphatic rings. The minimum atomic E-state index is -0.811. The largest absolute Gasteiger partial charge is 0.364 e. The van der Waals surface area contributed by atoms with Gasteiger partial charge in [-0.25, -0.2) is 9.37 Å². The first-order valence-electron chi connectivity index (χ1n) is 12.0. The van der Waals surface area contributed by atoms with E-state index in [0.29, 0.717) is 24.5 Å². The summed E-state index contributed by atoms with van der Waals surface area (Å²) in [6.07, 6.45) is 3.63. The molecule has 2 heterocycles. The molecule has 3 amide bonds. The number of piperidine rings is 1. The van der Waals surface area contributed by atoms with Gasteiger partial charge in [-0.1, -0.05) is 18.5 Å². The van der Waals surface area contributed by atoms with E-state index in [0.717, 1.165) is 44.0 Å². The van der Waals surface area contributed by atoms with Gasteiger partial charge in [0.25, 0.3) is 17.7 Å². The highest BCUT2D eigenvalue weighted by Gasteiger charge is 2.24. The Balaban J connectivity index is 1.46. The first-order chi connectivity index (χ1) is 17.7. The molecule has 194 valence electrons. The van der Waals surface area contributed by atoms with E-state index in [1.54, 1.807) is 24.3 Å². The maximum atomic E-state index is 13.3. The standard InChI is InChI=1S/C26H28ClFN6O3/c1-16-8-11-33(12-9-16)13-10-30-26(37)23-22(24(29)35)31-15-34(23)19-5-3-18(4-6-19)32-25(36)20-7-2-17(28)14-21(20)27/h2-7,14-16H,8-13H2,1H3,(H2,29,35)(H,30,37)(H,32,36). The number of nitrogens with zero attached hydrogens (tertiary/aromatic N) is 3. The van der Waals surface area contributed by atoms with Crippen molar-refractivity contribution in [1.82, 2.24) is 19.8 Å². The fraction of sp³-hybridized carbons (Fsp3) is 0.308. The lowest BCUT2D eigenvalue weighted by atomic mass is 9.99. The average Bonchev–Trinajstić information content (AvgIpc) is 3.31. The SMILES string of the molecule is CC1CCN(CCNC(=O)c2c(C(N)=O)ncn2-c2ccc(NC(=O)c3ccc(F)cc3Cl)cc2)CC1. The molecule has 0 bridgehead atoms. The number of carbonyl (C=O) groups is 3. The topological polar surface area (TPSA) is 122 Å². The normalized spacial score (nSPS) is 14.4. The van der Waals surface area contributed by atoms with Gasteiger partial charge in [0.05, 0.1) is 10.6 Å². The number of carbonyl (C=O) groups excluding carboxylic acids is 3. The maximum absolute atomic E-state index is 13.3. The van der Waals surface area contributed by atoms with Gasteiger partial charge in [0.1, 0.15) is 17.8 Å². The van der Waals surface area contributed by atoms with Crippen LogP contribution in [0.2, 0.25) is 5.02 Å². The number of hydrogen-bond donors (Lipinski definition) is 3. The zero-order valence-corrected chi connectivity index (χ0v) is 21.1. The second kappa shape index (κ2) is 11.5. The zero-order chi connectivity index (χ0) is 26.5. The smallest absolute Gasteiger partial charge is 0.270 e. The number of nitrogens with two attached hydrogens (primary N) is 1. The van der Waals surface area contributed by atoms with E-state index in [-0.39, 0.29) is 22.0 Å². The van der Waals surface area contributed by atoms with Gasteiger partial charge in [0, 0.05) is 24.5 Å². The third kappa shape index (κ3) is 6.33. The summed E-state index contributed by atoms with van der Waals surface area (Å²) in [5.41, 5.74) is 6.49. The Hall–Kier alpha value is -3.76. The summed E-state index contributed by atoms with van der Waals surface area (Å²) in [5.74, 6) is -1.59. The number of anilines is 1. The van der Waals surface area contributed by atoms with Crippen LogP contribution in [0.3, 0.4) is 0 Å². The second-order valence-electron chi connectivity index (χ2n) is 9.08. The summed E-state index contributed by atoms with van der Waals surface area (Å²) < 4.78 is 14.7. The van der Waals surface area contributed by atoms with Crippen molar-refractivity contribution in [2.75, 3.05) is 31.5 Å². The van der Waals surface area contributed by atoms with Gasteiger partial charge in [0.2, 0.25) is 0 Å². The van der Waals surface area contributed by atoms with Crippen LogP contribution < -0.4 is 16.4 Å². The second-order valence-corrected chi connectivity index (χ2v) is 9.49. The van der Waals surface area contributed by atoms with Crippen LogP contribution in [0, 0.1) is 11.7 Å². The number of rotatable bonds is 8. The number of aromatic nitrogens is 2. The maximum Gasteiger partial charge on any atom is 0.270 e. The average molecular weight is 527 g/mol. The monoisotopic (exact) mass is 526 g/mol. The van der Waals surface area contributed by atoms with Crippen molar-refractivity contribution in [3.05, 3.63) is 76.6 Å². The molecule has 0 atom stereocenters. The van der Waals surface area contributed by atoms with Crippen LogP contribution in [0.1, 0.15) is 51.1 Å². The van der Waals surface area contributed by atoms with Crippen LogP contribution in [0.15, 0.2) is 48.8 Å². The van der Waals surface area contributed by atoms with Gasteiger partial charge in [-0.2, -0.15) is 0 Å². The van der Waals surface area contributed by atoms with Crippen LogP contribution in [0.5, 0.6) is 0 Å². The number of amides is 3. The predicted octanol–water partition coefficient (Wildman–Crippen LogP) is 3.48. The van der Waals surface area contributed by atoms with Crippen molar-refractivity contribution in [1.29, 1.82) is 0 Å². The summed E-state index contributed by atoms with van der Waals surface area (Å²) in [7, 11) is 0. The van der Waals surface area contributed by atoms with Gasteiger partial charge >= 0.3 is 0 Å². The highest BCUT2D eigenvalue weighted by atomic mass is 35.5. The molecule has 0 radical (unpaired) electrons. The Morgan fingerprint density at radius 3 is 2.46 bits per heavy atom. The zero-order valence-electron chi connectivity index (χ0n) is 20.3. The molecule has 1 aromatic heterocycles. The molecule has 11 heteroatoms. The number of likely N-dealkylation sites (tertiary alicyclic amines) is 1. The number of primary amides is 1. The van der Waals surface area contributed by atoms with Crippen molar-refractivity contribution >= 4 is 35.0 Å². The van der Waals surface area contributed by atoms with Gasteiger partial charge in [0.15, 0.2) is 5.69 Å². The Labute approximate surface area is 218 Å². The minimum Gasteiger partial charge on any atom is -0.364 e. The summed E-state index contributed by atoms with van der Waals surface area (Å²) in [4.78, 5) is 43.9. The minimum absolute atomic E-state index is 0.00276. The lowest BCUT2D eigenvalue weighted by Gasteiger charge is -2.30. The van der Waals surface area contributed by atoms with Crippen LogP contribution in [-0.4, -0.2) is 58.4 Å². The lowest BCUT2D eigenvalue weighted by Crippen LogP contribution is -2.39. The molecular formula is C26H28ClFN6O3. The van der Waals surface area contributed by atoms with Crippen LogP contribution in [0.25, 0.3) is 5.69 Å². The van der Waals surface area contributed by atoms with Gasteiger partial charge in [-0.3, -0.25) is 19.0 Å². The molecule has 0 saturated carbocycles. The Bertz CT molecular complexity index is 1300. The summed E-state index contributed by atoms with van der Waals surface area (Å²) in [6, 6.07) is 10.1. The third-order valence-corrected chi connectivity index (χ3v) is 6.70. The number of nitrogens with one attached hydrogen (secondary N) is 2. The summed E-state index contributed by atoms with van der Waals surface area (Å²) >= 11 is 5.97. The quantitative estimate of drug-likeness (QED) is 0.415. The van der Waals surface area contributed by atoms with E-state index >= 15 is 0 Å². The fourth-order valence-electron chi connectivity index (χ4n) is 4.22. The Morgan fingerprint density at radius 1 is 1.11 bits per heavy atom. The Kier molecular flexibility index (Phi) is 8.20. The van der Waals surface area contributed by atoms with Gasteiger partial charge < -0.3 is 21.3 Å². The molecule has 2 aromatic carbocycles. The van der Waals surface area contributed by atoms with E-state index < -0.39 is 23.5 Å². The van der Waals surface area contributed by atoms with E-state index in [4.69, 9.17) is 17.3 Å². The third-order valence-electron chi connectivity index (χ3n) is 6.38. The summed E-state index contributed by atoms with van der Waals surface area (Å²) in [5, 5.41) is 5.56. The molecule has 4 N–H and O–H groups in total. The van der Waals surface area contributed by atoms with E-state index in [9.17, 15) is 18.8 Å². The van der Waals surface area contributed by atoms with E-state index in [1.807, 2.05) is 0 Å². The van der Waals surface area contributed by atoms with Crippen LogP contribution in [-0.2, 0) is 0 Å². The van der Waals surface area contributed by atoms with Crippen LogP contribution in [0.4, 0.5) is 10.1 Å². The van der Waals surface area contributed by atoms with Crippen molar-refractivity contribution < 1.29 is 18.8 Å². The highest BCUT2D eigenvalue weighted by Crippen LogP contribution is 2.21. The molecular weight excluding hydrogens is 499 g/mol. The summed E-state index contributed by atoms with van der Waals surface area (Å²) in [6.45, 7) is 5.38. The van der Waals surface area contributed by atoms with Crippen molar-refractivity contribution in [3.63, 3.8) is 0 Å². The van der Waals surface area contributed by atoms with Crippen molar-refractivity contribution in [3.8, 4) is 5.69 Å². The predicted molar refractivity (Wildman–Crippen MR) is 139 cm³/mol. The fourth-order valence-corrected chi connectivity index (χ4v) is 4.47. The molecule has 0 unspecified atom stereocenters. The molecule has 0 spiro atoms. The molecule has 9 nitrogen and oxygen atoms in total. The number of halogens is 2. The number of hydrogen-bond acceptors (Lipinski definition) is 5. The molecule has 1 saturated heterocycles. The van der Waals surface area contributed by atoms with E-state index in [1.165, 1.54) is 17.0 Å². The van der Waals surface area contributed by atoms with Gasteiger partial charge in [-0.05, 0) is 74.3 Å². The Morgan fingerprint density at radius 2 is 1.81 bits per heavy atom. The van der Waals surface area contributed by atoms with Crippen molar-refractivity contribution in [2.24, 2.45) is 11.7 Å². The molecule has 3 aromatic rings. The van der Waals surface area contributed by atoms with E-state index in [2.05, 4.69) is 27.4 Å². The molecule has 0 aliphatic carbocycles. The number of benzene rings is 2. The molecule has 4 rings (SSSR count). The van der Waals surface area contributed by atoms with Gasteiger partial charge in [-0.15, -0.1) is 0 Å². The first-order valence-corrected chi connectivity index (χ1v) is 12.3. The first kappa shape index (κ1) is 26.3. The number of imidazole rings is 1. The molecule has 1 fully saturated rings. The lowest BCUT2D eigenvalue weighted by molar-refractivity contribution is 0.0921. The van der Waals surface area contributed by atoms with Crippen LogP contribution >= 0.6 is 11.6 Å².